The Labute approximate surface area is 84.4 Å². The first-order valence-electron chi connectivity index (χ1n) is 5.26. The summed E-state index contributed by atoms with van der Waals surface area (Å²) < 4.78 is 11.1. The summed E-state index contributed by atoms with van der Waals surface area (Å²) in [5, 5.41) is 0. The van der Waals surface area contributed by atoms with E-state index in [2.05, 4.69) is 0 Å². The van der Waals surface area contributed by atoms with Gasteiger partial charge in [-0.1, -0.05) is 0 Å². The first-order chi connectivity index (χ1) is 6.45. The van der Waals surface area contributed by atoms with Gasteiger partial charge in [0.2, 0.25) is 0 Å². The topological polar surface area (TPSA) is 18.5 Å². The van der Waals surface area contributed by atoms with Gasteiger partial charge in [0.25, 0.3) is 0 Å². The maximum Gasteiger partial charge on any atom is 0.0666 e. The van der Waals surface area contributed by atoms with E-state index in [0.29, 0.717) is 12.2 Å². The van der Waals surface area contributed by atoms with Crippen LogP contribution in [0.3, 0.4) is 0 Å². The molecular formula is C10H18O2S. The molecule has 0 unspecified atom stereocenters. The van der Waals surface area contributed by atoms with E-state index in [4.69, 9.17) is 9.47 Å². The van der Waals surface area contributed by atoms with Gasteiger partial charge in [0.15, 0.2) is 0 Å². The van der Waals surface area contributed by atoms with E-state index >= 15 is 0 Å². The molecule has 0 saturated carbocycles. The lowest BCUT2D eigenvalue weighted by Gasteiger charge is -2.11. The van der Waals surface area contributed by atoms with E-state index in [0.717, 1.165) is 13.2 Å². The largest absolute Gasteiger partial charge is 0.377 e. The molecular weight excluding hydrogens is 184 g/mol. The van der Waals surface area contributed by atoms with Crippen molar-refractivity contribution in [3.63, 3.8) is 0 Å². The Morgan fingerprint density at radius 3 is 1.85 bits per heavy atom. The lowest BCUT2D eigenvalue weighted by molar-refractivity contribution is 0.125. The van der Waals surface area contributed by atoms with Crippen molar-refractivity contribution in [2.75, 3.05) is 24.7 Å². The standard InChI is InChI=1S/C10H18O2S/c1-3-9(11-5-1)7-13-8-10-4-2-6-12-10/h9-10H,1-8H2/t9-,10+. The fourth-order valence-corrected chi connectivity index (χ4v) is 3.07. The van der Waals surface area contributed by atoms with Crippen LogP contribution in [0.5, 0.6) is 0 Å². The van der Waals surface area contributed by atoms with Gasteiger partial charge in [-0.25, -0.2) is 0 Å². The summed E-state index contributed by atoms with van der Waals surface area (Å²) in [5.41, 5.74) is 0. The Bertz CT molecular complexity index is 124. The Kier molecular flexibility index (Phi) is 3.94. The minimum atomic E-state index is 0.534. The number of thioether (sulfide) groups is 1. The average molecular weight is 202 g/mol. The fraction of sp³-hybridized carbons (Fsp3) is 1.00. The van der Waals surface area contributed by atoms with Crippen LogP contribution in [0.15, 0.2) is 0 Å². The van der Waals surface area contributed by atoms with Crippen LogP contribution in [0.1, 0.15) is 25.7 Å². The quantitative estimate of drug-likeness (QED) is 0.695. The number of rotatable bonds is 4. The van der Waals surface area contributed by atoms with Crippen LogP contribution in [0, 0.1) is 0 Å². The molecule has 2 nitrogen and oxygen atoms in total. The third kappa shape index (κ3) is 3.15. The highest BCUT2D eigenvalue weighted by Crippen LogP contribution is 2.21. The summed E-state index contributed by atoms with van der Waals surface area (Å²) in [4.78, 5) is 0. The molecule has 2 heterocycles. The predicted molar refractivity (Wildman–Crippen MR) is 55.3 cm³/mol. The normalized spacial score (nSPS) is 34.2. The summed E-state index contributed by atoms with van der Waals surface area (Å²) in [5.74, 6) is 2.33. The lowest BCUT2D eigenvalue weighted by atomic mass is 10.3. The zero-order valence-electron chi connectivity index (χ0n) is 8.04. The van der Waals surface area contributed by atoms with E-state index < -0.39 is 0 Å². The molecule has 0 spiro atoms. The van der Waals surface area contributed by atoms with Crippen molar-refractivity contribution in [2.45, 2.75) is 37.9 Å². The molecule has 0 aromatic heterocycles. The van der Waals surface area contributed by atoms with Gasteiger partial charge in [-0.3, -0.25) is 0 Å². The van der Waals surface area contributed by atoms with Crippen LogP contribution >= 0.6 is 11.8 Å². The van der Waals surface area contributed by atoms with Crippen LogP contribution < -0.4 is 0 Å². The molecule has 2 atom stereocenters. The average Bonchev–Trinajstić information content (AvgIpc) is 2.75. The molecule has 2 fully saturated rings. The van der Waals surface area contributed by atoms with Crippen molar-refractivity contribution in [1.29, 1.82) is 0 Å². The summed E-state index contributed by atoms with van der Waals surface area (Å²) in [6.07, 6.45) is 6.10. The molecule has 3 heteroatoms. The Morgan fingerprint density at radius 1 is 0.923 bits per heavy atom. The molecule has 0 radical (unpaired) electrons. The third-order valence-electron chi connectivity index (χ3n) is 2.66. The lowest BCUT2D eigenvalue weighted by Crippen LogP contribution is -2.13. The minimum Gasteiger partial charge on any atom is -0.377 e. The molecule has 2 aliphatic rings. The van der Waals surface area contributed by atoms with Crippen molar-refractivity contribution in [3.05, 3.63) is 0 Å². The fourth-order valence-electron chi connectivity index (χ4n) is 1.88. The summed E-state index contributed by atoms with van der Waals surface area (Å²) in [6.45, 7) is 1.95. The maximum absolute atomic E-state index is 5.56. The molecule has 2 saturated heterocycles. The van der Waals surface area contributed by atoms with Crippen molar-refractivity contribution < 1.29 is 9.47 Å². The van der Waals surface area contributed by atoms with Crippen LogP contribution in [0.25, 0.3) is 0 Å². The van der Waals surface area contributed by atoms with Crippen molar-refractivity contribution >= 4 is 11.8 Å². The minimum absolute atomic E-state index is 0.534. The molecule has 0 bridgehead atoms. The highest BCUT2D eigenvalue weighted by molar-refractivity contribution is 7.99. The SMILES string of the molecule is C1CO[C@@H](CSC[C@@H]2CCCO2)C1. The molecule has 0 N–H and O–H groups in total. The van der Waals surface area contributed by atoms with Crippen LogP contribution in [-0.2, 0) is 9.47 Å². The third-order valence-corrected chi connectivity index (χ3v) is 3.87. The monoisotopic (exact) mass is 202 g/mol. The zero-order chi connectivity index (χ0) is 8.93. The highest BCUT2D eigenvalue weighted by atomic mass is 32.2. The number of ether oxygens (including phenoxy) is 2. The predicted octanol–water partition coefficient (Wildman–Crippen LogP) is 2.08. The number of hydrogen-bond acceptors (Lipinski definition) is 3. The first kappa shape index (κ1) is 9.81. The summed E-state index contributed by atoms with van der Waals surface area (Å²) >= 11 is 2.00. The van der Waals surface area contributed by atoms with E-state index in [-0.39, 0.29) is 0 Å². The van der Waals surface area contributed by atoms with Crippen molar-refractivity contribution in [3.8, 4) is 0 Å². The molecule has 2 aliphatic heterocycles. The zero-order valence-corrected chi connectivity index (χ0v) is 8.85. The first-order valence-corrected chi connectivity index (χ1v) is 6.41. The van der Waals surface area contributed by atoms with Gasteiger partial charge in [-0.05, 0) is 25.7 Å². The summed E-state index contributed by atoms with van der Waals surface area (Å²) in [6, 6.07) is 0. The Balaban J connectivity index is 1.52. The molecule has 0 aliphatic carbocycles. The van der Waals surface area contributed by atoms with Crippen molar-refractivity contribution in [2.24, 2.45) is 0 Å². The number of hydrogen-bond donors (Lipinski definition) is 0. The highest BCUT2D eigenvalue weighted by Gasteiger charge is 2.18. The van der Waals surface area contributed by atoms with Crippen LogP contribution in [0.4, 0.5) is 0 Å². The second kappa shape index (κ2) is 5.23. The second-order valence-corrected chi connectivity index (χ2v) is 4.88. The molecule has 13 heavy (non-hydrogen) atoms. The Hall–Kier alpha value is 0.270. The van der Waals surface area contributed by atoms with E-state index in [1.807, 2.05) is 11.8 Å². The molecule has 76 valence electrons. The van der Waals surface area contributed by atoms with Gasteiger partial charge in [0.1, 0.15) is 0 Å². The van der Waals surface area contributed by atoms with Crippen molar-refractivity contribution in [1.82, 2.24) is 0 Å². The van der Waals surface area contributed by atoms with Crippen LogP contribution in [-0.4, -0.2) is 36.9 Å². The van der Waals surface area contributed by atoms with Gasteiger partial charge in [0.05, 0.1) is 12.2 Å². The molecule has 0 amide bonds. The van der Waals surface area contributed by atoms with Gasteiger partial charge in [0, 0.05) is 24.7 Å². The van der Waals surface area contributed by atoms with Gasteiger partial charge in [-0.15, -0.1) is 0 Å². The van der Waals surface area contributed by atoms with Gasteiger partial charge >= 0.3 is 0 Å². The Morgan fingerprint density at radius 2 is 1.46 bits per heavy atom. The second-order valence-electron chi connectivity index (χ2n) is 3.81. The molecule has 0 aromatic carbocycles. The molecule has 0 aromatic rings. The maximum atomic E-state index is 5.56. The van der Waals surface area contributed by atoms with Crippen LogP contribution in [0.2, 0.25) is 0 Å². The van der Waals surface area contributed by atoms with Gasteiger partial charge < -0.3 is 9.47 Å². The smallest absolute Gasteiger partial charge is 0.0666 e. The van der Waals surface area contributed by atoms with E-state index in [9.17, 15) is 0 Å². The summed E-state index contributed by atoms with van der Waals surface area (Å²) in [7, 11) is 0. The van der Waals surface area contributed by atoms with Gasteiger partial charge in [-0.2, -0.15) is 11.8 Å². The van der Waals surface area contributed by atoms with E-state index in [1.165, 1.54) is 37.2 Å². The molecule has 2 rings (SSSR count). The van der Waals surface area contributed by atoms with E-state index in [1.54, 1.807) is 0 Å².